The Kier molecular flexibility index (Phi) is 5.77. The van der Waals surface area contributed by atoms with Crippen LogP contribution in [0.25, 0.3) is 0 Å². The van der Waals surface area contributed by atoms with Crippen molar-refractivity contribution in [3.63, 3.8) is 0 Å². The van der Waals surface area contributed by atoms with Crippen LogP contribution in [0.4, 0.5) is 0 Å². The summed E-state index contributed by atoms with van der Waals surface area (Å²) in [5.74, 6) is 1.16. The van der Waals surface area contributed by atoms with Crippen LogP contribution in [-0.4, -0.2) is 51.0 Å². The molecule has 12 heavy (non-hydrogen) atoms. The Bertz CT molecular complexity index is 107. The minimum atomic E-state index is 0.264. The van der Waals surface area contributed by atoms with E-state index >= 15 is 0 Å². The van der Waals surface area contributed by atoms with Crippen molar-refractivity contribution >= 4 is 11.8 Å². The third-order valence-corrected chi connectivity index (χ3v) is 2.35. The highest BCUT2D eigenvalue weighted by molar-refractivity contribution is 7.98. The fourth-order valence-corrected chi connectivity index (χ4v) is 1.44. The number of ether oxygens (including phenoxy) is 2. The molecule has 1 saturated heterocycles. The molecule has 0 aromatic heterocycles. The van der Waals surface area contributed by atoms with E-state index in [0.717, 1.165) is 38.7 Å². The molecule has 0 aliphatic carbocycles. The standard InChI is InChI=1S/C8H17NO2S/c1-12-5-2-9-6-8-7-10-3-4-11-8/h8-9H,2-7H2,1H3. The lowest BCUT2D eigenvalue weighted by Gasteiger charge is -2.23. The van der Waals surface area contributed by atoms with Crippen LogP contribution in [0.5, 0.6) is 0 Å². The van der Waals surface area contributed by atoms with E-state index in [0.29, 0.717) is 0 Å². The minimum absolute atomic E-state index is 0.264. The summed E-state index contributed by atoms with van der Waals surface area (Å²) in [5, 5.41) is 3.33. The molecule has 0 aromatic carbocycles. The van der Waals surface area contributed by atoms with Crippen molar-refractivity contribution in [2.45, 2.75) is 6.10 Å². The normalized spacial score (nSPS) is 24.2. The van der Waals surface area contributed by atoms with Crippen LogP contribution in [0.1, 0.15) is 0 Å². The molecule has 1 N–H and O–H groups in total. The second kappa shape index (κ2) is 6.71. The van der Waals surface area contributed by atoms with Crippen LogP contribution in [0.2, 0.25) is 0 Å². The Labute approximate surface area is 78.2 Å². The summed E-state index contributed by atoms with van der Waals surface area (Å²) in [7, 11) is 0. The zero-order valence-corrected chi connectivity index (χ0v) is 8.36. The predicted octanol–water partition coefficient (Wildman–Crippen LogP) is 0.354. The number of rotatable bonds is 5. The zero-order chi connectivity index (χ0) is 8.65. The number of hydrogen-bond acceptors (Lipinski definition) is 4. The Morgan fingerprint density at radius 2 is 2.42 bits per heavy atom. The predicted molar refractivity (Wildman–Crippen MR) is 51.8 cm³/mol. The van der Waals surface area contributed by atoms with Crippen LogP contribution in [0, 0.1) is 0 Å². The smallest absolute Gasteiger partial charge is 0.0933 e. The second-order valence-electron chi connectivity index (χ2n) is 2.76. The molecule has 1 heterocycles. The minimum Gasteiger partial charge on any atom is -0.376 e. The van der Waals surface area contributed by atoms with Crippen LogP contribution < -0.4 is 5.32 Å². The highest BCUT2D eigenvalue weighted by atomic mass is 32.2. The van der Waals surface area contributed by atoms with Gasteiger partial charge < -0.3 is 14.8 Å². The van der Waals surface area contributed by atoms with Crippen molar-refractivity contribution in [1.29, 1.82) is 0 Å². The second-order valence-corrected chi connectivity index (χ2v) is 3.75. The third kappa shape index (κ3) is 4.30. The van der Waals surface area contributed by atoms with Gasteiger partial charge in [-0.05, 0) is 6.26 Å². The fourth-order valence-electron chi connectivity index (χ4n) is 1.09. The van der Waals surface area contributed by atoms with E-state index in [4.69, 9.17) is 9.47 Å². The number of nitrogens with one attached hydrogen (secondary N) is 1. The van der Waals surface area contributed by atoms with Crippen molar-refractivity contribution < 1.29 is 9.47 Å². The average Bonchev–Trinajstić information content (AvgIpc) is 2.14. The molecule has 0 spiro atoms. The van der Waals surface area contributed by atoms with E-state index in [1.165, 1.54) is 0 Å². The first kappa shape index (κ1) is 10.3. The Morgan fingerprint density at radius 1 is 1.50 bits per heavy atom. The SMILES string of the molecule is CSCCNCC1COCCO1. The molecule has 0 saturated carbocycles. The van der Waals surface area contributed by atoms with E-state index in [-0.39, 0.29) is 6.10 Å². The molecular formula is C8H17NO2S. The summed E-state index contributed by atoms with van der Waals surface area (Å²) in [6, 6.07) is 0. The lowest BCUT2D eigenvalue weighted by atomic mass is 10.3. The highest BCUT2D eigenvalue weighted by Crippen LogP contribution is 1.98. The molecule has 0 amide bonds. The molecule has 0 radical (unpaired) electrons. The Morgan fingerprint density at radius 3 is 3.08 bits per heavy atom. The van der Waals surface area contributed by atoms with E-state index in [9.17, 15) is 0 Å². The third-order valence-electron chi connectivity index (χ3n) is 1.74. The van der Waals surface area contributed by atoms with Gasteiger partial charge in [0.05, 0.1) is 25.9 Å². The van der Waals surface area contributed by atoms with E-state index in [2.05, 4.69) is 11.6 Å². The molecule has 72 valence electrons. The van der Waals surface area contributed by atoms with Gasteiger partial charge in [-0.25, -0.2) is 0 Å². The van der Waals surface area contributed by atoms with E-state index < -0.39 is 0 Å². The molecule has 1 atom stereocenters. The van der Waals surface area contributed by atoms with Gasteiger partial charge in [0.25, 0.3) is 0 Å². The maximum atomic E-state index is 5.46. The molecule has 0 bridgehead atoms. The molecule has 4 heteroatoms. The quantitative estimate of drug-likeness (QED) is 0.635. The van der Waals surface area contributed by atoms with Gasteiger partial charge in [-0.3, -0.25) is 0 Å². The number of hydrogen-bond donors (Lipinski definition) is 1. The van der Waals surface area contributed by atoms with Crippen LogP contribution in [-0.2, 0) is 9.47 Å². The summed E-state index contributed by atoms with van der Waals surface area (Å²) in [6.07, 6.45) is 2.38. The summed E-state index contributed by atoms with van der Waals surface area (Å²) in [4.78, 5) is 0. The van der Waals surface area contributed by atoms with Gasteiger partial charge in [0, 0.05) is 18.8 Å². The molecule has 1 unspecified atom stereocenters. The average molecular weight is 191 g/mol. The van der Waals surface area contributed by atoms with Crippen LogP contribution in [0.3, 0.4) is 0 Å². The summed E-state index contributed by atoms with van der Waals surface area (Å²) >= 11 is 1.85. The van der Waals surface area contributed by atoms with E-state index in [1.807, 2.05) is 11.8 Å². The van der Waals surface area contributed by atoms with Crippen molar-refractivity contribution in [3.05, 3.63) is 0 Å². The highest BCUT2D eigenvalue weighted by Gasteiger charge is 2.12. The fraction of sp³-hybridized carbons (Fsp3) is 1.00. The van der Waals surface area contributed by atoms with Crippen molar-refractivity contribution in [3.8, 4) is 0 Å². The molecule has 3 nitrogen and oxygen atoms in total. The molecule has 1 fully saturated rings. The Balaban J connectivity index is 1.91. The monoisotopic (exact) mass is 191 g/mol. The van der Waals surface area contributed by atoms with Crippen LogP contribution in [0.15, 0.2) is 0 Å². The van der Waals surface area contributed by atoms with Crippen LogP contribution >= 0.6 is 11.8 Å². The molecule has 1 rings (SSSR count). The van der Waals surface area contributed by atoms with Gasteiger partial charge in [-0.1, -0.05) is 0 Å². The first-order chi connectivity index (χ1) is 5.93. The Hall–Kier alpha value is 0.230. The largest absolute Gasteiger partial charge is 0.376 e. The van der Waals surface area contributed by atoms with Crippen molar-refractivity contribution in [2.24, 2.45) is 0 Å². The van der Waals surface area contributed by atoms with Crippen molar-refractivity contribution in [1.82, 2.24) is 5.32 Å². The van der Waals surface area contributed by atoms with E-state index in [1.54, 1.807) is 0 Å². The maximum Gasteiger partial charge on any atom is 0.0933 e. The topological polar surface area (TPSA) is 30.5 Å². The van der Waals surface area contributed by atoms with Gasteiger partial charge in [0.1, 0.15) is 0 Å². The maximum absolute atomic E-state index is 5.46. The molecule has 0 aromatic rings. The molecular weight excluding hydrogens is 174 g/mol. The van der Waals surface area contributed by atoms with Gasteiger partial charge in [0.15, 0.2) is 0 Å². The zero-order valence-electron chi connectivity index (χ0n) is 7.54. The lowest BCUT2D eigenvalue weighted by molar-refractivity contribution is -0.0861. The summed E-state index contributed by atoms with van der Waals surface area (Å²) < 4.78 is 10.7. The molecule has 1 aliphatic rings. The van der Waals surface area contributed by atoms with Crippen molar-refractivity contribution in [2.75, 3.05) is 44.9 Å². The molecule has 1 aliphatic heterocycles. The lowest BCUT2D eigenvalue weighted by Crippen LogP contribution is -2.38. The first-order valence-corrected chi connectivity index (χ1v) is 5.72. The summed E-state index contributed by atoms with van der Waals surface area (Å²) in [5.41, 5.74) is 0. The summed E-state index contributed by atoms with van der Waals surface area (Å²) in [6.45, 7) is 4.21. The van der Waals surface area contributed by atoms with Gasteiger partial charge in [-0.15, -0.1) is 0 Å². The van der Waals surface area contributed by atoms with Gasteiger partial charge in [-0.2, -0.15) is 11.8 Å². The number of thioether (sulfide) groups is 1. The first-order valence-electron chi connectivity index (χ1n) is 4.32. The van der Waals surface area contributed by atoms with Gasteiger partial charge >= 0.3 is 0 Å². The van der Waals surface area contributed by atoms with Gasteiger partial charge in [0.2, 0.25) is 0 Å².